The summed E-state index contributed by atoms with van der Waals surface area (Å²) in [4.78, 5) is 4.23. The third-order valence-corrected chi connectivity index (χ3v) is 3.20. The van der Waals surface area contributed by atoms with Crippen molar-refractivity contribution in [1.29, 1.82) is 0 Å². The molecule has 1 unspecified atom stereocenters. The minimum Gasteiger partial charge on any atom is -0.380 e. The van der Waals surface area contributed by atoms with E-state index in [1.165, 1.54) is 0 Å². The van der Waals surface area contributed by atoms with Gasteiger partial charge in [-0.3, -0.25) is 0 Å². The molecule has 0 fully saturated rings. The van der Waals surface area contributed by atoms with Gasteiger partial charge in [0.15, 0.2) is 0 Å². The van der Waals surface area contributed by atoms with Crippen LogP contribution in [0.2, 0.25) is 0 Å². The highest BCUT2D eigenvalue weighted by molar-refractivity contribution is 7.09. The summed E-state index contributed by atoms with van der Waals surface area (Å²) in [7, 11) is 1.69. The number of aromatic nitrogens is 1. The summed E-state index contributed by atoms with van der Waals surface area (Å²) in [6, 6.07) is 7.97. The van der Waals surface area contributed by atoms with Crippen molar-refractivity contribution in [3.8, 4) is 0 Å². The lowest BCUT2D eigenvalue weighted by Crippen LogP contribution is -2.11. The van der Waals surface area contributed by atoms with Crippen LogP contribution in [0.5, 0.6) is 0 Å². The monoisotopic (exact) mass is 234 g/mol. The molecule has 0 aliphatic carbocycles. The van der Waals surface area contributed by atoms with Crippen molar-refractivity contribution in [1.82, 2.24) is 4.98 Å². The van der Waals surface area contributed by atoms with Gasteiger partial charge in [0, 0.05) is 18.7 Å². The molecule has 1 aromatic carbocycles. The van der Waals surface area contributed by atoms with E-state index in [0.717, 1.165) is 16.1 Å². The smallest absolute Gasteiger partial charge is 0.114 e. The lowest BCUT2D eigenvalue weighted by Gasteiger charge is -2.10. The molecule has 0 saturated heterocycles. The number of methoxy groups -OCH3 is 1. The lowest BCUT2D eigenvalue weighted by molar-refractivity contribution is 0.185. The molecule has 1 heterocycles. The molecular weight excluding hydrogens is 220 g/mol. The highest BCUT2D eigenvalue weighted by atomic mass is 32.1. The minimum atomic E-state index is -0.142. The van der Waals surface area contributed by atoms with Gasteiger partial charge in [-0.2, -0.15) is 0 Å². The first-order valence-corrected chi connectivity index (χ1v) is 5.92. The molecule has 0 saturated carbocycles. The van der Waals surface area contributed by atoms with E-state index in [-0.39, 0.29) is 6.04 Å². The molecule has 4 heteroatoms. The minimum absolute atomic E-state index is 0.142. The highest BCUT2D eigenvalue weighted by Crippen LogP contribution is 2.22. The number of hydrogen-bond donors (Lipinski definition) is 1. The van der Waals surface area contributed by atoms with Crippen LogP contribution in [0.4, 0.5) is 0 Å². The van der Waals surface area contributed by atoms with Crippen LogP contribution in [0.25, 0.3) is 0 Å². The average Bonchev–Trinajstić information content (AvgIpc) is 2.82. The van der Waals surface area contributed by atoms with E-state index in [1.807, 2.05) is 23.6 Å². The van der Waals surface area contributed by atoms with Crippen LogP contribution in [-0.2, 0) is 11.3 Å². The third-order valence-electron chi connectivity index (χ3n) is 2.34. The van der Waals surface area contributed by atoms with Crippen LogP contribution in [-0.4, -0.2) is 12.1 Å². The quantitative estimate of drug-likeness (QED) is 0.883. The molecule has 0 amide bonds. The molecule has 2 rings (SSSR count). The summed E-state index contributed by atoms with van der Waals surface area (Å²) in [6.07, 6.45) is 1.78. The Bertz CT molecular complexity index is 442. The van der Waals surface area contributed by atoms with E-state index in [0.29, 0.717) is 6.61 Å². The fraction of sp³-hybridized carbons (Fsp3) is 0.250. The zero-order chi connectivity index (χ0) is 11.4. The van der Waals surface area contributed by atoms with Gasteiger partial charge in [-0.05, 0) is 11.1 Å². The van der Waals surface area contributed by atoms with Crippen molar-refractivity contribution in [2.45, 2.75) is 12.6 Å². The molecule has 1 atom stereocenters. The van der Waals surface area contributed by atoms with E-state index in [2.05, 4.69) is 11.1 Å². The number of hydrogen-bond acceptors (Lipinski definition) is 4. The molecule has 0 aliphatic heterocycles. The second kappa shape index (κ2) is 5.21. The van der Waals surface area contributed by atoms with Crippen molar-refractivity contribution in [3.05, 3.63) is 52.0 Å². The van der Waals surface area contributed by atoms with Gasteiger partial charge in [0.05, 0.1) is 12.6 Å². The Balaban J connectivity index is 2.23. The topological polar surface area (TPSA) is 48.1 Å². The number of ether oxygens (including phenoxy) is 1. The number of nitrogens with two attached hydrogens (primary N) is 1. The van der Waals surface area contributed by atoms with Gasteiger partial charge < -0.3 is 10.5 Å². The summed E-state index contributed by atoms with van der Waals surface area (Å²) in [5, 5.41) is 2.88. The van der Waals surface area contributed by atoms with Crippen LogP contribution in [0.1, 0.15) is 22.2 Å². The second-order valence-electron chi connectivity index (χ2n) is 3.53. The maximum atomic E-state index is 6.13. The molecule has 1 aromatic heterocycles. The number of thiazole rings is 1. The van der Waals surface area contributed by atoms with Crippen LogP contribution in [0.15, 0.2) is 35.8 Å². The third kappa shape index (κ3) is 2.47. The maximum Gasteiger partial charge on any atom is 0.114 e. The van der Waals surface area contributed by atoms with Crippen molar-refractivity contribution < 1.29 is 4.74 Å². The van der Waals surface area contributed by atoms with Crippen molar-refractivity contribution >= 4 is 11.3 Å². The molecule has 16 heavy (non-hydrogen) atoms. The molecule has 0 spiro atoms. The van der Waals surface area contributed by atoms with E-state index >= 15 is 0 Å². The molecule has 2 aromatic rings. The summed E-state index contributed by atoms with van der Waals surface area (Å²) < 4.78 is 5.10. The predicted octanol–water partition coefficient (Wildman–Crippen LogP) is 2.34. The van der Waals surface area contributed by atoms with Gasteiger partial charge in [-0.15, -0.1) is 11.3 Å². The largest absolute Gasteiger partial charge is 0.380 e. The zero-order valence-corrected chi connectivity index (χ0v) is 9.91. The van der Waals surface area contributed by atoms with Gasteiger partial charge in [0.25, 0.3) is 0 Å². The molecule has 3 nitrogen and oxygen atoms in total. The Kier molecular flexibility index (Phi) is 3.66. The first kappa shape index (κ1) is 11.3. The van der Waals surface area contributed by atoms with E-state index in [1.54, 1.807) is 24.6 Å². The number of benzene rings is 1. The fourth-order valence-corrected chi connectivity index (χ4v) is 2.24. The fourth-order valence-electron chi connectivity index (χ4n) is 1.57. The Hall–Kier alpha value is -1.23. The summed E-state index contributed by atoms with van der Waals surface area (Å²) >= 11 is 1.58. The average molecular weight is 234 g/mol. The standard InChI is InChI=1S/C12H14N2OS/c1-15-8-9-3-2-4-10(7-9)11(13)12-14-5-6-16-12/h2-7,11H,8,13H2,1H3. The van der Waals surface area contributed by atoms with Gasteiger partial charge >= 0.3 is 0 Å². The van der Waals surface area contributed by atoms with E-state index < -0.39 is 0 Å². The Morgan fingerprint density at radius 1 is 1.50 bits per heavy atom. The lowest BCUT2D eigenvalue weighted by atomic mass is 10.1. The normalized spacial score (nSPS) is 12.6. The van der Waals surface area contributed by atoms with Gasteiger partial charge in [-0.1, -0.05) is 24.3 Å². The maximum absolute atomic E-state index is 6.13. The van der Waals surface area contributed by atoms with Gasteiger partial charge in [0.2, 0.25) is 0 Å². The molecule has 2 N–H and O–H groups in total. The first-order chi connectivity index (χ1) is 7.81. The van der Waals surface area contributed by atoms with Gasteiger partial charge in [-0.25, -0.2) is 4.98 Å². The molecule has 0 aliphatic rings. The summed E-state index contributed by atoms with van der Waals surface area (Å²) in [6.45, 7) is 0.610. The molecule has 0 radical (unpaired) electrons. The Morgan fingerprint density at radius 2 is 2.38 bits per heavy atom. The number of rotatable bonds is 4. The Morgan fingerprint density at radius 3 is 3.06 bits per heavy atom. The van der Waals surface area contributed by atoms with E-state index in [4.69, 9.17) is 10.5 Å². The molecular formula is C12H14N2OS. The van der Waals surface area contributed by atoms with Gasteiger partial charge in [0.1, 0.15) is 5.01 Å². The summed E-state index contributed by atoms with van der Waals surface area (Å²) in [5.41, 5.74) is 8.34. The molecule has 0 bridgehead atoms. The first-order valence-electron chi connectivity index (χ1n) is 5.04. The predicted molar refractivity (Wildman–Crippen MR) is 65.3 cm³/mol. The van der Waals surface area contributed by atoms with Crippen LogP contribution in [0.3, 0.4) is 0 Å². The summed E-state index contributed by atoms with van der Waals surface area (Å²) in [5.74, 6) is 0. The zero-order valence-electron chi connectivity index (χ0n) is 9.09. The van der Waals surface area contributed by atoms with Crippen LogP contribution < -0.4 is 5.73 Å². The second-order valence-corrected chi connectivity index (χ2v) is 4.45. The SMILES string of the molecule is COCc1cccc(C(N)c2nccs2)c1. The van der Waals surface area contributed by atoms with Crippen LogP contribution >= 0.6 is 11.3 Å². The number of nitrogens with zero attached hydrogens (tertiary/aromatic N) is 1. The van der Waals surface area contributed by atoms with Crippen molar-refractivity contribution in [3.63, 3.8) is 0 Å². The molecule has 84 valence electrons. The van der Waals surface area contributed by atoms with E-state index in [9.17, 15) is 0 Å². The van der Waals surface area contributed by atoms with Crippen molar-refractivity contribution in [2.24, 2.45) is 5.73 Å². The highest BCUT2D eigenvalue weighted by Gasteiger charge is 2.11. The Labute approximate surface area is 98.9 Å². The van der Waals surface area contributed by atoms with Crippen molar-refractivity contribution in [2.75, 3.05) is 7.11 Å². The van der Waals surface area contributed by atoms with Crippen LogP contribution in [0, 0.1) is 0 Å².